The zero-order valence-corrected chi connectivity index (χ0v) is 32.6. The minimum Gasteiger partial charge on any atom is -0.314 e. The summed E-state index contributed by atoms with van der Waals surface area (Å²) >= 11 is 1.95. The maximum Gasteiger partial charge on any atom is 0.0731 e. The number of allylic oxidation sites excluding steroid dienone is 3. The summed E-state index contributed by atoms with van der Waals surface area (Å²) in [6.07, 6.45) is 5.60. The molecule has 270 valence electrons. The van der Waals surface area contributed by atoms with E-state index in [0.717, 1.165) is 6.42 Å². The highest BCUT2D eigenvalue weighted by atomic mass is 32.1. The number of hydrogen-bond acceptors (Lipinski definition) is 2. The number of thiophene rings is 1. The fourth-order valence-electron chi connectivity index (χ4n) is 10.1. The molecule has 0 unspecified atom stereocenters. The van der Waals surface area contributed by atoms with Crippen molar-refractivity contribution in [2.24, 2.45) is 0 Å². The van der Waals surface area contributed by atoms with Crippen LogP contribution in [0.25, 0.3) is 76.4 Å². The number of fused-ring (bicyclic) bond motifs is 9. The topological polar surface area (TPSA) is 7.65 Å². The van der Waals surface area contributed by atoms with E-state index in [4.69, 9.17) is 0 Å². The number of para-hydroxylation sites is 2. The largest absolute Gasteiger partial charge is 0.314 e. The Hall–Kier alpha value is -6.68. The third-order valence-corrected chi connectivity index (χ3v) is 13.8. The van der Waals surface area contributed by atoms with Crippen LogP contribution in [0.3, 0.4) is 0 Å². The quantitative estimate of drug-likeness (QED) is 0.164. The number of aromatic nitrogens is 1. The van der Waals surface area contributed by atoms with E-state index in [9.17, 15) is 0 Å². The standard InChI is InChI=1S/C54H38N2S/c1-54(2)45-27-11-9-22-40(45)42-24-15-29-47(49(42)54)55(38-21-13-20-36(32-38)34-16-5-3-6-17-34)39-31-30-37(33-39)53-51-48(52(57-53)35-18-7-4-8-19-35)44-26-14-25-43-41-23-10-12-28-46(41)56(51)50(43)44/h3-32H,33H2,1-2H3. The molecule has 3 heteroatoms. The summed E-state index contributed by atoms with van der Waals surface area (Å²) in [6.45, 7) is 4.79. The summed E-state index contributed by atoms with van der Waals surface area (Å²) < 4.78 is 2.57. The van der Waals surface area contributed by atoms with Gasteiger partial charge in [0.2, 0.25) is 0 Å². The number of hydrogen-bond donors (Lipinski definition) is 0. The number of nitrogens with zero attached hydrogens (tertiary/aromatic N) is 2. The molecule has 0 fully saturated rings. The first-order valence-electron chi connectivity index (χ1n) is 19.9. The van der Waals surface area contributed by atoms with E-state index in [0.29, 0.717) is 0 Å². The number of benzene rings is 7. The van der Waals surface area contributed by atoms with Gasteiger partial charge in [-0.05, 0) is 74.9 Å². The Morgan fingerprint density at radius 1 is 0.544 bits per heavy atom. The number of anilines is 2. The van der Waals surface area contributed by atoms with Gasteiger partial charge in [0.15, 0.2) is 0 Å². The van der Waals surface area contributed by atoms with E-state index in [1.54, 1.807) is 0 Å². The molecule has 3 aromatic heterocycles. The van der Waals surface area contributed by atoms with Crippen molar-refractivity contribution in [2.45, 2.75) is 25.7 Å². The highest BCUT2D eigenvalue weighted by molar-refractivity contribution is 7.18. The molecular formula is C54H38N2S. The van der Waals surface area contributed by atoms with Crippen LogP contribution in [-0.4, -0.2) is 4.40 Å². The van der Waals surface area contributed by atoms with Gasteiger partial charge in [0.1, 0.15) is 0 Å². The molecule has 0 N–H and O–H groups in total. The van der Waals surface area contributed by atoms with E-state index >= 15 is 0 Å². The molecule has 2 nitrogen and oxygen atoms in total. The van der Waals surface area contributed by atoms with Gasteiger partial charge in [-0.25, -0.2) is 0 Å². The predicted octanol–water partition coefficient (Wildman–Crippen LogP) is 15.0. The van der Waals surface area contributed by atoms with Crippen molar-refractivity contribution in [3.05, 3.63) is 204 Å². The molecule has 3 heterocycles. The van der Waals surface area contributed by atoms with Crippen LogP contribution in [0.2, 0.25) is 0 Å². The molecule has 0 saturated heterocycles. The third-order valence-electron chi connectivity index (χ3n) is 12.5. The van der Waals surface area contributed by atoms with Crippen molar-refractivity contribution in [2.75, 3.05) is 4.90 Å². The maximum absolute atomic E-state index is 2.57. The number of rotatable bonds is 6. The molecule has 2 aliphatic carbocycles. The molecule has 0 saturated carbocycles. The highest BCUT2D eigenvalue weighted by Crippen LogP contribution is 2.56. The highest BCUT2D eigenvalue weighted by Gasteiger charge is 2.39. The smallest absolute Gasteiger partial charge is 0.0731 e. The second-order valence-electron chi connectivity index (χ2n) is 16.1. The van der Waals surface area contributed by atoms with Crippen molar-refractivity contribution >= 4 is 66.4 Å². The molecule has 10 aromatic rings. The molecular weight excluding hydrogens is 709 g/mol. The summed E-state index contributed by atoms with van der Waals surface area (Å²) in [5.41, 5.74) is 17.9. The Morgan fingerprint density at radius 2 is 1.21 bits per heavy atom. The normalized spacial score (nSPS) is 14.4. The molecule has 0 radical (unpaired) electrons. The van der Waals surface area contributed by atoms with Gasteiger partial charge in [0, 0.05) is 49.6 Å². The Balaban J connectivity index is 1.06. The Labute approximate surface area is 336 Å². The first-order chi connectivity index (χ1) is 28.1. The average Bonchev–Trinajstić information content (AvgIpc) is 4.08. The van der Waals surface area contributed by atoms with Crippen molar-refractivity contribution in [3.63, 3.8) is 0 Å². The molecule has 0 bridgehead atoms. The predicted molar refractivity (Wildman–Crippen MR) is 243 cm³/mol. The van der Waals surface area contributed by atoms with Crippen LogP contribution >= 0.6 is 11.3 Å². The van der Waals surface area contributed by atoms with Crippen molar-refractivity contribution < 1.29 is 0 Å². The molecule has 0 atom stereocenters. The molecule has 0 amide bonds. The van der Waals surface area contributed by atoms with Gasteiger partial charge < -0.3 is 9.30 Å². The Kier molecular flexibility index (Phi) is 6.94. The second kappa shape index (κ2) is 12.2. The van der Waals surface area contributed by atoms with E-state index in [1.807, 2.05) is 11.3 Å². The van der Waals surface area contributed by atoms with E-state index in [-0.39, 0.29) is 5.41 Å². The molecule has 12 rings (SSSR count). The van der Waals surface area contributed by atoms with Crippen LogP contribution < -0.4 is 4.90 Å². The Bertz CT molecular complexity index is 3280. The fraction of sp³-hybridized carbons (Fsp3) is 0.0741. The molecule has 0 aliphatic heterocycles. The van der Waals surface area contributed by atoms with E-state index in [2.05, 4.69) is 205 Å². The monoisotopic (exact) mass is 746 g/mol. The van der Waals surface area contributed by atoms with Crippen LogP contribution in [0.1, 0.15) is 36.3 Å². The molecule has 57 heavy (non-hydrogen) atoms. The lowest BCUT2D eigenvalue weighted by Gasteiger charge is -2.33. The lowest BCUT2D eigenvalue weighted by Crippen LogP contribution is -2.23. The summed E-state index contributed by atoms with van der Waals surface area (Å²) in [6, 6.07) is 62.5. The van der Waals surface area contributed by atoms with Gasteiger partial charge >= 0.3 is 0 Å². The minimum absolute atomic E-state index is 0.168. The molecule has 7 aromatic carbocycles. The van der Waals surface area contributed by atoms with Crippen LogP contribution in [0.5, 0.6) is 0 Å². The van der Waals surface area contributed by atoms with Crippen molar-refractivity contribution in [3.8, 4) is 32.7 Å². The van der Waals surface area contributed by atoms with Gasteiger partial charge in [0.05, 0.1) is 27.1 Å². The maximum atomic E-state index is 2.57. The molecule has 0 spiro atoms. The third kappa shape index (κ3) is 4.64. The SMILES string of the molecule is CC1(C)c2ccccc2-c2cccc(N(C3=CC=C(c4sc(-c5ccccc5)c5c6cccc7c8ccccc8n(c45)c76)C3)c3cccc(-c4ccccc4)c3)c21. The van der Waals surface area contributed by atoms with Crippen molar-refractivity contribution in [1.82, 2.24) is 4.40 Å². The summed E-state index contributed by atoms with van der Waals surface area (Å²) in [7, 11) is 0. The van der Waals surface area contributed by atoms with E-state index in [1.165, 1.54) is 109 Å². The van der Waals surface area contributed by atoms with Gasteiger partial charge in [-0.2, -0.15) is 0 Å². The first kappa shape index (κ1) is 32.6. The Morgan fingerprint density at radius 3 is 2.07 bits per heavy atom. The van der Waals surface area contributed by atoms with Gasteiger partial charge in [-0.3, -0.25) is 0 Å². The lowest BCUT2D eigenvalue weighted by molar-refractivity contribution is 0.660. The zero-order valence-electron chi connectivity index (χ0n) is 31.8. The van der Waals surface area contributed by atoms with Crippen LogP contribution in [0.15, 0.2) is 188 Å². The van der Waals surface area contributed by atoms with Crippen LogP contribution in [-0.2, 0) is 5.41 Å². The van der Waals surface area contributed by atoms with Gasteiger partial charge in [0.25, 0.3) is 0 Å². The average molecular weight is 747 g/mol. The first-order valence-corrected chi connectivity index (χ1v) is 20.7. The van der Waals surface area contributed by atoms with Gasteiger partial charge in [-0.15, -0.1) is 11.3 Å². The minimum atomic E-state index is -0.168. The van der Waals surface area contributed by atoms with Gasteiger partial charge in [-0.1, -0.05) is 166 Å². The van der Waals surface area contributed by atoms with Crippen LogP contribution in [0.4, 0.5) is 11.4 Å². The summed E-state index contributed by atoms with van der Waals surface area (Å²) in [5.74, 6) is 0. The molecule has 2 aliphatic rings. The second-order valence-corrected chi connectivity index (χ2v) is 17.1. The van der Waals surface area contributed by atoms with E-state index < -0.39 is 0 Å². The van der Waals surface area contributed by atoms with Crippen molar-refractivity contribution in [1.29, 1.82) is 0 Å². The lowest BCUT2D eigenvalue weighted by atomic mass is 9.81. The zero-order chi connectivity index (χ0) is 37.8. The fourth-order valence-corrected chi connectivity index (χ4v) is 11.4. The summed E-state index contributed by atoms with van der Waals surface area (Å²) in [5, 5.41) is 5.31. The summed E-state index contributed by atoms with van der Waals surface area (Å²) in [4.78, 5) is 5.24. The van der Waals surface area contributed by atoms with Crippen LogP contribution in [0, 0.1) is 0 Å².